The van der Waals surface area contributed by atoms with Gasteiger partial charge in [0.1, 0.15) is 5.76 Å². The summed E-state index contributed by atoms with van der Waals surface area (Å²) in [5, 5.41) is 3.51. The van der Waals surface area contributed by atoms with Crippen LogP contribution in [0.3, 0.4) is 0 Å². The van der Waals surface area contributed by atoms with Crippen LogP contribution in [0, 0.1) is 11.3 Å². The lowest BCUT2D eigenvalue weighted by atomic mass is 9.78. The normalized spacial score (nSPS) is 14.8. The minimum absolute atomic E-state index is 0.123. The molecule has 1 heterocycles. The van der Waals surface area contributed by atoms with Crippen LogP contribution in [0.2, 0.25) is 0 Å². The van der Waals surface area contributed by atoms with Gasteiger partial charge in [0.15, 0.2) is 0 Å². The van der Waals surface area contributed by atoms with Crippen LogP contribution in [0.5, 0.6) is 0 Å². The number of hydrogen-bond donors (Lipinski definition) is 1. The molecule has 2 atom stereocenters. The van der Waals surface area contributed by atoms with E-state index in [2.05, 4.69) is 39.9 Å². The zero-order valence-electron chi connectivity index (χ0n) is 14.2. The Kier molecular flexibility index (Phi) is 6.46. The van der Waals surface area contributed by atoms with E-state index in [1.54, 1.807) is 6.07 Å². The summed E-state index contributed by atoms with van der Waals surface area (Å²) in [5.41, 5.74) is 0.240. The van der Waals surface area contributed by atoms with Gasteiger partial charge in [0.2, 0.25) is 5.76 Å². The molecule has 1 N–H and O–H groups in total. The van der Waals surface area contributed by atoms with E-state index < -0.39 is 5.97 Å². The van der Waals surface area contributed by atoms with Crippen molar-refractivity contribution in [2.45, 2.75) is 53.5 Å². The molecule has 0 aliphatic heterocycles. The molecule has 0 amide bonds. The van der Waals surface area contributed by atoms with Crippen LogP contribution < -0.4 is 5.32 Å². The summed E-state index contributed by atoms with van der Waals surface area (Å²) in [5.74, 6) is 1.16. The molecular weight excluding hydrogens is 266 g/mol. The van der Waals surface area contributed by atoms with Crippen molar-refractivity contribution >= 4 is 5.97 Å². The van der Waals surface area contributed by atoms with Gasteiger partial charge in [-0.05, 0) is 42.9 Å². The number of carbonyl (C=O) groups is 1. The molecule has 0 saturated heterocycles. The Bertz CT molecular complexity index is 445. The van der Waals surface area contributed by atoms with Crippen molar-refractivity contribution in [2.75, 3.05) is 13.7 Å². The Morgan fingerprint density at radius 1 is 1.38 bits per heavy atom. The number of carbonyl (C=O) groups excluding carboxylic acids is 1. The van der Waals surface area contributed by atoms with Crippen molar-refractivity contribution in [3.05, 3.63) is 23.7 Å². The molecule has 0 bridgehead atoms. The van der Waals surface area contributed by atoms with Crippen molar-refractivity contribution in [3.8, 4) is 0 Å². The highest BCUT2D eigenvalue weighted by Gasteiger charge is 2.26. The molecule has 0 aromatic carbocycles. The molecule has 4 heteroatoms. The summed E-state index contributed by atoms with van der Waals surface area (Å²) in [4.78, 5) is 11.5. The fourth-order valence-electron chi connectivity index (χ4n) is 2.08. The Morgan fingerprint density at radius 3 is 2.57 bits per heavy atom. The molecule has 120 valence electrons. The van der Waals surface area contributed by atoms with Gasteiger partial charge in [0.25, 0.3) is 0 Å². The van der Waals surface area contributed by atoms with Crippen LogP contribution in [0.4, 0.5) is 0 Å². The third-order valence-electron chi connectivity index (χ3n) is 4.07. The van der Waals surface area contributed by atoms with E-state index in [0.29, 0.717) is 5.92 Å². The van der Waals surface area contributed by atoms with Crippen molar-refractivity contribution in [3.63, 3.8) is 0 Å². The maximum Gasteiger partial charge on any atom is 0.373 e. The highest BCUT2D eigenvalue weighted by Crippen LogP contribution is 2.33. The number of esters is 1. The Labute approximate surface area is 128 Å². The van der Waals surface area contributed by atoms with Gasteiger partial charge in [-0.25, -0.2) is 4.79 Å². The first kappa shape index (κ1) is 17.8. The third kappa shape index (κ3) is 5.20. The average molecular weight is 295 g/mol. The Balaban J connectivity index is 2.86. The number of furan rings is 1. The molecule has 0 fully saturated rings. The summed E-state index contributed by atoms with van der Waals surface area (Å²) in [7, 11) is 1.36. The summed E-state index contributed by atoms with van der Waals surface area (Å²) in [6.07, 6.45) is 2.03. The van der Waals surface area contributed by atoms with E-state index in [-0.39, 0.29) is 17.2 Å². The van der Waals surface area contributed by atoms with Gasteiger partial charge in [-0.1, -0.05) is 34.6 Å². The predicted molar refractivity (Wildman–Crippen MR) is 84.3 cm³/mol. The first-order valence-corrected chi connectivity index (χ1v) is 7.71. The first-order valence-electron chi connectivity index (χ1n) is 7.71. The minimum Gasteiger partial charge on any atom is -0.463 e. The van der Waals surface area contributed by atoms with E-state index in [0.717, 1.165) is 25.1 Å². The van der Waals surface area contributed by atoms with Gasteiger partial charge >= 0.3 is 5.97 Å². The topological polar surface area (TPSA) is 51.5 Å². The van der Waals surface area contributed by atoms with Crippen molar-refractivity contribution in [1.29, 1.82) is 0 Å². The standard InChI is InChI=1S/C17H29NO3/c1-7-10-18-13(11-12(2)17(3,4)5)14-8-9-15(21-14)16(19)20-6/h8-9,12-13,18H,7,10-11H2,1-6H3. The lowest BCUT2D eigenvalue weighted by Crippen LogP contribution is -2.27. The Morgan fingerprint density at radius 2 is 2.05 bits per heavy atom. The number of ether oxygens (including phenoxy) is 1. The average Bonchev–Trinajstić information content (AvgIpc) is 2.90. The van der Waals surface area contributed by atoms with Crippen LogP contribution in [-0.4, -0.2) is 19.6 Å². The summed E-state index contributed by atoms with van der Waals surface area (Å²) < 4.78 is 10.4. The number of methoxy groups -OCH3 is 1. The number of hydrogen-bond acceptors (Lipinski definition) is 4. The zero-order chi connectivity index (χ0) is 16.0. The van der Waals surface area contributed by atoms with E-state index in [1.165, 1.54) is 7.11 Å². The second-order valence-electron chi connectivity index (χ2n) is 6.70. The summed E-state index contributed by atoms with van der Waals surface area (Å²) in [6, 6.07) is 3.68. The molecule has 0 radical (unpaired) electrons. The van der Waals surface area contributed by atoms with Crippen LogP contribution in [0.1, 0.15) is 69.8 Å². The fourth-order valence-corrected chi connectivity index (χ4v) is 2.08. The second kappa shape index (κ2) is 7.64. The van der Waals surface area contributed by atoms with Crippen LogP contribution in [0.25, 0.3) is 0 Å². The van der Waals surface area contributed by atoms with Gasteiger partial charge in [-0.2, -0.15) is 0 Å². The van der Waals surface area contributed by atoms with Gasteiger partial charge in [0.05, 0.1) is 13.2 Å². The Hall–Kier alpha value is -1.29. The van der Waals surface area contributed by atoms with Gasteiger partial charge in [-0.15, -0.1) is 0 Å². The zero-order valence-corrected chi connectivity index (χ0v) is 14.2. The molecule has 1 rings (SSSR count). The quantitative estimate of drug-likeness (QED) is 0.767. The molecule has 0 aliphatic carbocycles. The van der Waals surface area contributed by atoms with Crippen molar-refractivity contribution in [1.82, 2.24) is 5.32 Å². The lowest BCUT2D eigenvalue weighted by molar-refractivity contribution is 0.0561. The highest BCUT2D eigenvalue weighted by molar-refractivity contribution is 5.86. The largest absolute Gasteiger partial charge is 0.463 e. The molecule has 0 aliphatic rings. The van der Waals surface area contributed by atoms with Crippen LogP contribution in [-0.2, 0) is 4.74 Å². The summed E-state index contributed by atoms with van der Waals surface area (Å²) >= 11 is 0. The molecular formula is C17H29NO3. The molecule has 0 saturated carbocycles. The third-order valence-corrected chi connectivity index (χ3v) is 4.07. The number of nitrogens with one attached hydrogen (secondary N) is 1. The van der Waals surface area contributed by atoms with E-state index in [4.69, 9.17) is 9.15 Å². The maximum atomic E-state index is 11.5. The molecule has 1 aromatic rings. The van der Waals surface area contributed by atoms with Gasteiger partial charge in [0, 0.05) is 0 Å². The van der Waals surface area contributed by atoms with E-state index in [9.17, 15) is 4.79 Å². The van der Waals surface area contributed by atoms with Crippen LogP contribution in [0.15, 0.2) is 16.5 Å². The summed E-state index contributed by atoms with van der Waals surface area (Å²) in [6.45, 7) is 12.1. The second-order valence-corrected chi connectivity index (χ2v) is 6.70. The van der Waals surface area contributed by atoms with Gasteiger partial charge < -0.3 is 14.5 Å². The van der Waals surface area contributed by atoms with E-state index >= 15 is 0 Å². The smallest absolute Gasteiger partial charge is 0.373 e. The maximum absolute atomic E-state index is 11.5. The molecule has 4 nitrogen and oxygen atoms in total. The SMILES string of the molecule is CCCNC(CC(C)C(C)(C)C)c1ccc(C(=O)OC)o1. The van der Waals surface area contributed by atoms with Crippen molar-refractivity contribution < 1.29 is 13.9 Å². The molecule has 0 spiro atoms. The fraction of sp³-hybridized carbons (Fsp3) is 0.706. The first-order chi connectivity index (χ1) is 9.79. The van der Waals surface area contributed by atoms with Gasteiger partial charge in [-0.3, -0.25) is 0 Å². The monoisotopic (exact) mass is 295 g/mol. The highest BCUT2D eigenvalue weighted by atomic mass is 16.5. The molecule has 1 aromatic heterocycles. The molecule has 2 unspecified atom stereocenters. The van der Waals surface area contributed by atoms with Crippen LogP contribution >= 0.6 is 0 Å². The number of rotatable bonds is 7. The predicted octanol–water partition coefficient (Wildman–Crippen LogP) is 4.18. The minimum atomic E-state index is -0.431. The van der Waals surface area contributed by atoms with Crippen molar-refractivity contribution in [2.24, 2.45) is 11.3 Å². The lowest BCUT2D eigenvalue weighted by Gasteiger charge is -2.30. The molecule has 21 heavy (non-hydrogen) atoms. The van der Waals surface area contributed by atoms with E-state index in [1.807, 2.05) is 6.07 Å².